The molecule has 0 aliphatic heterocycles. The molecule has 1 aliphatic carbocycles. The lowest BCUT2D eigenvalue weighted by atomic mass is 9.94. The summed E-state index contributed by atoms with van der Waals surface area (Å²) in [5.41, 5.74) is 5.46. The first kappa shape index (κ1) is 8.01. The van der Waals surface area contributed by atoms with Crippen molar-refractivity contribution in [2.45, 2.75) is 31.1 Å². The van der Waals surface area contributed by atoms with Crippen LogP contribution in [0.15, 0.2) is 0 Å². The van der Waals surface area contributed by atoms with Crippen LogP contribution in [0.5, 0.6) is 0 Å². The number of hydrogen-bond donors (Lipinski definition) is 1. The van der Waals surface area contributed by atoms with Crippen molar-refractivity contribution in [2.75, 3.05) is 5.75 Å². The van der Waals surface area contributed by atoms with Gasteiger partial charge in [0.1, 0.15) is 0 Å². The molecule has 1 rings (SSSR count). The molecule has 0 aromatic rings. The van der Waals surface area contributed by atoms with E-state index in [1.54, 1.807) is 6.92 Å². The quantitative estimate of drug-likeness (QED) is 0.619. The Labute approximate surface area is 61.5 Å². The molecule has 0 unspecified atom stereocenters. The molecule has 0 amide bonds. The first-order valence-corrected chi connectivity index (χ1v) is 5.25. The lowest BCUT2D eigenvalue weighted by Crippen LogP contribution is -2.45. The topological polar surface area (TPSA) is 60.2 Å². The summed E-state index contributed by atoms with van der Waals surface area (Å²) in [5.74, 6) is 0.254. The Kier molecular flexibility index (Phi) is 2.01. The highest BCUT2D eigenvalue weighted by Crippen LogP contribution is 2.25. The summed E-state index contributed by atoms with van der Waals surface area (Å²) in [6.07, 6.45) is 1.33. The second-order valence-electron chi connectivity index (χ2n) is 2.81. The molecular formula is C6H13NO2S. The highest BCUT2D eigenvalue weighted by molar-refractivity contribution is 7.92. The first-order chi connectivity index (χ1) is 4.56. The molecule has 0 aromatic carbocycles. The Morgan fingerprint density at radius 2 is 2.00 bits per heavy atom. The minimum atomic E-state index is -2.77. The molecule has 0 heterocycles. The van der Waals surface area contributed by atoms with Crippen molar-refractivity contribution < 1.29 is 8.42 Å². The molecule has 0 atom stereocenters. The van der Waals surface area contributed by atoms with Crippen LogP contribution in [0.25, 0.3) is 0 Å². The summed E-state index contributed by atoms with van der Waals surface area (Å²) in [5, 5.41) is -0.132. The molecule has 3 nitrogen and oxygen atoms in total. The van der Waals surface area contributed by atoms with E-state index in [-0.39, 0.29) is 17.0 Å². The summed E-state index contributed by atoms with van der Waals surface area (Å²) in [6.45, 7) is 1.68. The number of nitrogens with two attached hydrogens (primary N) is 1. The molecule has 0 saturated heterocycles. The van der Waals surface area contributed by atoms with E-state index >= 15 is 0 Å². The summed E-state index contributed by atoms with van der Waals surface area (Å²) in [6, 6.07) is 0.131. The molecule has 0 radical (unpaired) electrons. The van der Waals surface area contributed by atoms with Gasteiger partial charge in [0.2, 0.25) is 0 Å². The van der Waals surface area contributed by atoms with Gasteiger partial charge in [-0.25, -0.2) is 8.42 Å². The van der Waals surface area contributed by atoms with E-state index in [9.17, 15) is 8.42 Å². The Morgan fingerprint density at radius 3 is 2.30 bits per heavy atom. The third-order valence-corrected chi connectivity index (χ3v) is 4.25. The smallest absolute Gasteiger partial charge is 0.153 e. The molecule has 1 saturated carbocycles. The fraction of sp³-hybridized carbons (Fsp3) is 1.00. The molecule has 0 bridgehead atoms. The molecule has 4 heteroatoms. The monoisotopic (exact) mass is 163 g/mol. The highest BCUT2D eigenvalue weighted by Gasteiger charge is 2.35. The van der Waals surface area contributed by atoms with Crippen LogP contribution in [-0.2, 0) is 9.84 Å². The minimum Gasteiger partial charge on any atom is -0.328 e. The van der Waals surface area contributed by atoms with Crippen LogP contribution in [0.4, 0.5) is 0 Å². The van der Waals surface area contributed by atoms with Crippen molar-refractivity contribution in [3.63, 3.8) is 0 Å². The Morgan fingerprint density at radius 1 is 1.50 bits per heavy atom. The number of sulfone groups is 1. The Bertz CT molecular complexity index is 204. The van der Waals surface area contributed by atoms with Gasteiger partial charge >= 0.3 is 0 Å². The SMILES string of the molecule is CCS(=O)(=O)C1CC(N)C1. The molecular weight excluding hydrogens is 150 g/mol. The van der Waals surface area contributed by atoms with Crippen molar-refractivity contribution in [3.8, 4) is 0 Å². The van der Waals surface area contributed by atoms with Crippen molar-refractivity contribution >= 4 is 9.84 Å². The summed E-state index contributed by atoms with van der Waals surface area (Å²) in [7, 11) is -2.77. The van der Waals surface area contributed by atoms with Gasteiger partial charge in [0.25, 0.3) is 0 Å². The highest BCUT2D eigenvalue weighted by atomic mass is 32.2. The largest absolute Gasteiger partial charge is 0.328 e. The van der Waals surface area contributed by atoms with Crippen LogP contribution in [0.2, 0.25) is 0 Å². The molecule has 1 fully saturated rings. The van der Waals surface area contributed by atoms with Gasteiger partial charge in [-0.15, -0.1) is 0 Å². The van der Waals surface area contributed by atoms with Crippen molar-refractivity contribution in [1.29, 1.82) is 0 Å². The maximum Gasteiger partial charge on any atom is 0.153 e. The second-order valence-corrected chi connectivity index (χ2v) is 5.37. The van der Waals surface area contributed by atoms with Gasteiger partial charge in [-0.3, -0.25) is 0 Å². The molecule has 0 spiro atoms. The zero-order valence-electron chi connectivity index (χ0n) is 6.08. The van der Waals surface area contributed by atoms with Gasteiger partial charge in [0.15, 0.2) is 9.84 Å². The van der Waals surface area contributed by atoms with Crippen LogP contribution in [-0.4, -0.2) is 25.5 Å². The molecule has 0 aromatic heterocycles. The lowest BCUT2D eigenvalue weighted by Gasteiger charge is -2.31. The number of rotatable bonds is 2. The third-order valence-electron chi connectivity index (χ3n) is 2.04. The zero-order chi connectivity index (χ0) is 7.78. The lowest BCUT2D eigenvalue weighted by molar-refractivity contribution is 0.409. The third kappa shape index (κ3) is 1.32. The van der Waals surface area contributed by atoms with E-state index in [1.807, 2.05) is 0 Å². The van der Waals surface area contributed by atoms with Crippen LogP contribution in [0, 0.1) is 0 Å². The van der Waals surface area contributed by atoms with E-state index in [4.69, 9.17) is 5.73 Å². The summed E-state index contributed by atoms with van der Waals surface area (Å²) in [4.78, 5) is 0. The van der Waals surface area contributed by atoms with E-state index < -0.39 is 9.84 Å². The summed E-state index contributed by atoms with van der Waals surface area (Å²) < 4.78 is 22.1. The zero-order valence-corrected chi connectivity index (χ0v) is 6.89. The fourth-order valence-electron chi connectivity index (χ4n) is 1.14. The predicted molar refractivity (Wildman–Crippen MR) is 40.5 cm³/mol. The van der Waals surface area contributed by atoms with Gasteiger partial charge in [0.05, 0.1) is 5.25 Å². The maximum absolute atomic E-state index is 11.1. The van der Waals surface area contributed by atoms with E-state index in [1.165, 1.54) is 0 Å². The standard InChI is InChI=1S/C6H13NO2S/c1-2-10(8,9)6-3-5(7)4-6/h5-6H,2-4,7H2,1H3. The van der Waals surface area contributed by atoms with Gasteiger partial charge < -0.3 is 5.73 Å². The molecule has 10 heavy (non-hydrogen) atoms. The van der Waals surface area contributed by atoms with Crippen LogP contribution in [0.3, 0.4) is 0 Å². The van der Waals surface area contributed by atoms with E-state index in [0.717, 1.165) is 0 Å². The molecule has 2 N–H and O–H groups in total. The van der Waals surface area contributed by atoms with E-state index in [0.29, 0.717) is 12.8 Å². The Balaban J connectivity index is 2.53. The van der Waals surface area contributed by atoms with Gasteiger partial charge in [-0.1, -0.05) is 6.92 Å². The molecule has 1 aliphatic rings. The molecule has 60 valence electrons. The van der Waals surface area contributed by atoms with Crippen LogP contribution in [0.1, 0.15) is 19.8 Å². The van der Waals surface area contributed by atoms with Gasteiger partial charge in [0, 0.05) is 11.8 Å². The van der Waals surface area contributed by atoms with Crippen molar-refractivity contribution in [2.24, 2.45) is 5.73 Å². The summed E-state index contributed by atoms with van der Waals surface area (Å²) >= 11 is 0. The van der Waals surface area contributed by atoms with Crippen molar-refractivity contribution in [1.82, 2.24) is 0 Å². The van der Waals surface area contributed by atoms with E-state index in [2.05, 4.69) is 0 Å². The van der Waals surface area contributed by atoms with Gasteiger partial charge in [-0.2, -0.15) is 0 Å². The van der Waals surface area contributed by atoms with Crippen molar-refractivity contribution in [3.05, 3.63) is 0 Å². The van der Waals surface area contributed by atoms with Crippen LogP contribution < -0.4 is 5.73 Å². The van der Waals surface area contributed by atoms with Crippen LogP contribution >= 0.6 is 0 Å². The Hall–Kier alpha value is -0.0900. The average Bonchev–Trinajstić information content (AvgIpc) is 1.81. The van der Waals surface area contributed by atoms with Gasteiger partial charge in [-0.05, 0) is 12.8 Å². The average molecular weight is 163 g/mol. The first-order valence-electron chi connectivity index (χ1n) is 3.53. The predicted octanol–water partition coefficient (Wildman–Crippen LogP) is -0.0892. The maximum atomic E-state index is 11.1. The normalized spacial score (nSPS) is 33.4. The minimum absolute atomic E-state index is 0.131. The number of hydrogen-bond acceptors (Lipinski definition) is 3. The fourth-order valence-corrected chi connectivity index (χ4v) is 2.69. The second kappa shape index (κ2) is 2.51.